The van der Waals surface area contributed by atoms with Crippen LogP contribution in [0.2, 0.25) is 0 Å². The number of nitrogen functional groups attached to an aromatic ring is 1. The first-order valence-electron chi connectivity index (χ1n) is 16.0. The van der Waals surface area contributed by atoms with E-state index in [0.29, 0.717) is 56.7 Å². The molecule has 1 fully saturated rings. The summed E-state index contributed by atoms with van der Waals surface area (Å²) >= 11 is 0. The Labute approximate surface area is 267 Å². The standard InChI is InChI=1S/C34H47FN6O3S/c1-2-3-18-37-24-30(22-27-7-5-4-6-8-27)39-31-14-19-38-25-33(31)45(43,44)40-32(23-28-9-11-29(36)12-10-28)34(42)41-20-15-26(13-17-35)16-21-41/h4-12,14,19,25-26,30,32,37,40H,2-3,13,15-18,20-24,36H2,1H3,(H,38,39)/t30-,32-/m0/s1. The largest absolute Gasteiger partial charge is 0.399 e. The van der Waals surface area contributed by atoms with Crippen LogP contribution in [0.3, 0.4) is 0 Å². The van der Waals surface area contributed by atoms with Gasteiger partial charge in [0.2, 0.25) is 15.9 Å². The molecule has 0 bridgehead atoms. The van der Waals surface area contributed by atoms with Gasteiger partial charge in [0.25, 0.3) is 0 Å². The zero-order valence-electron chi connectivity index (χ0n) is 26.1. The number of carbonyl (C=O) groups is 1. The summed E-state index contributed by atoms with van der Waals surface area (Å²) in [5.41, 5.74) is 8.78. The van der Waals surface area contributed by atoms with Gasteiger partial charge in [-0.05, 0) is 80.3 Å². The van der Waals surface area contributed by atoms with E-state index < -0.39 is 16.1 Å². The van der Waals surface area contributed by atoms with Crippen LogP contribution in [0.1, 0.15) is 50.2 Å². The van der Waals surface area contributed by atoms with Crippen molar-refractivity contribution < 1.29 is 17.6 Å². The molecule has 11 heteroatoms. The third-order valence-electron chi connectivity index (χ3n) is 8.32. The van der Waals surface area contributed by atoms with Crippen molar-refractivity contribution in [3.8, 4) is 0 Å². The van der Waals surface area contributed by atoms with Crippen molar-refractivity contribution in [1.82, 2.24) is 19.9 Å². The lowest BCUT2D eigenvalue weighted by Crippen LogP contribution is -2.51. The number of sulfonamides is 1. The number of carbonyl (C=O) groups excluding carboxylic acids is 1. The predicted octanol–water partition coefficient (Wildman–Crippen LogP) is 4.56. The molecule has 9 nitrogen and oxygen atoms in total. The number of nitrogens with two attached hydrogens (primary N) is 1. The van der Waals surface area contributed by atoms with E-state index in [1.165, 1.54) is 6.20 Å². The molecule has 4 rings (SSSR count). The molecule has 0 radical (unpaired) electrons. The number of amides is 1. The maximum Gasteiger partial charge on any atom is 0.244 e. The number of nitrogens with one attached hydrogen (secondary N) is 3. The minimum atomic E-state index is -4.19. The van der Waals surface area contributed by atoms with Crippen LogP contribution in [-0.2, 0) is 27.7 Å². The van der Waals surface area contributed by atoms with E-state index in [0.717, 1.165) is 30.5 Å². The van der Waals surface area contributed by atoms with Crippen LogP contribution in [0.4, 0.5) is 15.8 Å². The molecule has 0 saturated carbocycles. The number of aromatic nitrogens is 1. The number of unbranched alkanes of at least 4 members (excludes halogenated alkanes) is 1. The number of likely N-dealkylation sites (tertiary alicyclic amines) is 1. The van der Waals surface area contributed by atoms with Gasteiger partial charge in [0.15, 0.2) is 0 Å². The topological polar surface area (TPSA) is 129 Å². The molecule has 1 saturated heterocycles. The molecule has 2 heterocycles. The molecule has 0 spiro atoms. The number of benzene rings is 2. The second kappa shape index (κ2) is 17.2. The van der Waals surface area contributed by atoms with Crippen molar-refractivity contribution in [1.29, 1.82) is 0 Å². The van der Waals surface area contributed by atoms with E-state index in [2.05, 4.69) is 39.4 Å². The fraction of sp³-hybridized carbons (Fsp3) is 0.471. The lowest BCUT2D eigenvalue weighted by molar-refractivity contribution is -0.134. The van der Waals surface area contributed by atoms with Crippen molar-refractivity contribution in [2.75, 3.05) is 43.9 Å². The third-order valence-corrected chi connectivity index (χ3v) is 9.81. The molecule has 1 aromatic heterocycles. The van der Waals surface area contributed by atoms with E-state index in [-0.39, 0.29) is 35.9 Å². The highest BCUT2D eigenvalue weighted by Gasteiger charge is 2.33. The molecule has 45 heavy (non-hydrogen) atoms. The molecule has 244 valence electrons. The second-order valence-corrected chi connectivity index (χ2v) is 13.5. The zero-order valence-corrected chi connectivity index (χ0v) is 26.9. The summed E-state index contributed by atoms with van der Waals surface area (Å²) in [6.07, 6.45) is 7.73. The van der Waals surface area contributed by atoms with Crippen LogP contribution in [-0.4, -0.2) is 69.1 Å². The summed E-state index contributed by atoms with van der Waals surface area (Å²) in [5.74, 6) is -0.0646. The van der Waals surface area contributed by atoms with Crippen molar-refractivity contribution in [3.05, 3.63) is 84.2 Å². The number of anilines is 2. The van der Waals surface area contributed by atoms with E-state index in [9.17, 15) is 17.6 Å². The number of hydrogen-bond acceptors (Lipinski definition) is 7. The van der Waals surface area contributed by atoms with Gasteiger partial charge in [-0.2, -0.15) is 4.72 Å². The average Bonchev–Trinajstić information content (AvgIpc) is 3.04. The number of pyridine rings is 1. The average molecular weight is 639 g/mol. The van der Waals surface area contributed by atoms with Crippen LogP contribution in [0.25, 0.3) is 0 Å². The second-order valence-electron chi connectivity index (χ2n) is 11.8. The Hall–Kier alpha value is -3.54. The van der Waals surface area contributed by atoms with Crippen LogP contribution >= 0.6 is 0 Å². The first-order chi connectivity index (χ1) is 21.8. The van der Waals surface area contributed by atoms with Gasteiger partial charge >= 0.3 is 0 Å². The summed E-state index contributed by atoms with van der Waals surface area (Å²) in [6, 6.07) is 17.7. The quantitative estimate of drug-likeness (QED) is 0.126. The van der Waals surface area contributed by atoms with Crippen LogP contribution < -0.4 is 21.1 Å². The molecule has 0 unspecified atom stereocenters. The molecule has 0 aliphatic carbocycles. The van der Waals surface area contributed by atoms with Gasteiger partial charge in [0.1, 0.15) is 10.9 Å². The highest BCUT2D eigenvalue weighted by Crippen LogP contribution is 2.25. The Morgan fingerprint density at radius 3 is 2.44 bits per heavy atom. The number of halogens is 1. The number of piperidine rings is 1. The SMILES string of the molecule is CCCCNC[C@H](Cc1ccccc1)Nc1ccncc1S(=O)(=O)N[C@@H](Cc1ccc(N)cc1)C(=O)N1CCC(CCF)CC1. The fourth-order valence-corrected chi connectivity index (χ4v) is 7.02. The van der Waals surface area contributed by atoms with Gasteiger partial charge in [-0.3, -0.25) is 14.2 Å². The van der Waals surface area contributed by atoms with Gasteiger partial charge in [-0.1, -0.05) is 55.8 Å². The van der Waals surface area contributed by atoms with Crippen LogP contribution in [0.15, 0.2) is 78.0 Å². The molecule has 1 aliphatic rings. The summed E-state index contributed by atoms with van der Waals surface area (Å²) in [5, 5.41) is 6.94. The zero-order chi connectivity index (χ0) is 32.1. The molecule has 2 aromatic carbocycles. The molecule has 1 amide bonds. The molecule has 1 aliphatic heterocycles. The fourth-order valence-electron chi connectivity index (χ4n) is 5.72. The van der Waals surface area contributed by atoms with Crippen molar-refractivity contribution >= 4 is 27.3 Å². The summed E-state index contributed by atoms with van der Waals surface area (Å²) in [6.45, 7) is 4.21. The van der Waals surface area contributed by atoms with E-state index in [1.807, 2.05) is 18.2 Å². The van der Waals surface area contributed by atoms with Gasteiger partial charge in [-0.15, -0.1) is 0 Å². The van der Waals surface area contributed by atoms with Crippen molar-refractivity contribution in [3.63, 3.8) is 0 Å². The predicted molar refractivity (Wildman–Crippen MR) is 178 cm³/mol. The Balaban J connectivity index is 1.56. The number of rotatable bonds is 17. The smallest absolute Gasteiger partial charge is 0.244 e. The molecular weight excluding hydrogens is 591 g/mol. The monoisotopic (exact) mass is 638 g/mol. The summed E-state index contributed by atoms with van der Waals surface area (Å²) in [4.78, 5) is 19.7. The lowest BCUT2D eigenvalue weighted by Gasteiger charge is -2.34. The highest BCUT2D eigenvalue weighted by molar-refractivity contribution is 7.89. The highest BCUT2D eigenvalue weighted by atomic mass is 32.2. The van der Waals surface area contributed by atoms with Gasteiger partial charge in [0.05, 0.1) is 12.4 Å². The molecule has 5 N–H and O–H groups in total. The van der Waals surface area contributed by atoms with Crippen LogP contribution in [0.5, 0.6) is 0 Å². The molecular formula is C34H47FN6O3S. The summed E-state index contributed by atoms with van der Waals surface area (Å²) in [7, 11) is -4.19. The first kappa shape index (κ1) is 34.3. The van der Waals surface area contributed by atoms with Gasteiger partial charge in [0, 0.05) is 43.8 Å². The van der Waals surface area contributed by atoms with Crippen molar-refractivity contribution in [2.45, 2.75) is 68.8 Å². The molecule has 3 aromatic rings. The lowest BCUT2D eigenvalue weighted by atomic mass is 9.93. The van der Waals surface area contributed by atoms with Crippen LogP contribution in [0, 0.1) is 5.92 Å². The minimum Gasteiger partial charge on any atom is -0.399 e. The summed E-state index contributed by atoms with van der Waals surface area (Å²) < 4.78 is 43.7. The normalized spacial score (nSPS) is 15.5. The van der Waals surface area contributed by atoms with E-state index >= 15 is 0 Å². The number of hydrogen-bond donors (Lipinski definition) is 4. The first-order valence-corrected chi connectivity index (χ1v) is 17.4. The Morgan fingerprint density at radius 2 is 1.76 bits per heavy atom. The van der Waals surface area contributed by atoms with Gasteiger partial charge < -0.3 is 21.3 Å². The number of nitrogens with zero attached hydrogens (tertiary/aromatic N) is 2. The number of alkyl halides is 1. The Bertz CT molecular complexity index is 1430. The van der Waals surface area contributed by atoms with E-state index in [1.54, 1.807) is 41.4 Å². The maximum atomic E-state index is 14.0. The van der Waals surface area contributed by atoms with Gasteiger partial charge in [-0.25, -0.2) is 8.42 Å². The molecule has 2 atom stereocenters. The van der Waals surface area contributed by atoms with E-state index in [4.69, 9.17) is 5.73 Å². The minimum absolute atomic E-state index is 0.0200. The maximum absolute atomic E-state index is 14.0. The Morgan fingerprint density at radius 1 is 1.04 bits per heavy atom. The third kappa shape index (κ3) is 10.5. The van der Waals surface area contributed by atoms with Crippen molar-refractivity contribution in [2.24, 2.45) is 5.92 Å². The Kier molecular flexibility index (Phi) is 13.2.